The van der Waals surface area contributed by atoms with Gasteiger partial charge in [0, 0.05) is 25.3 Å². The summed E-state index contributed by atoms with van der Waals surface area (Å²) in [6, 6.07) is 21.4. The molecule has 3 rings (SSSR count). The van der Waals surface area contributed by atoms with Crippen LogP contribution in [0.25, 0.3) is 0 Å². The Labute approximate surface area is 233 Å². The van der Waals surface area contributed by atoms with Crippen molar-refractivity contribution < 1.29 is 32.0 Å². The van der Waals surface area contributed by atoms with Gasteiger partial charge >= 0.3 is 6.03 Å². The lowest BCUT2D eigenvalue weighted by molar-refractivity contribution is 0.106. The third-order valence-corrected chi connectivity index (χ3v) is 6.74. The average molecular weight is 569 g/mol. The fraction of sp³-hybridized carbons (Fsp3) is 0.286. The van der Waals surface area contributed by atoms with E-state index in [4.69, 9.17) is 18.9 Å². The van der Waals surface area contributed by atoms with Crippen LogP contribution in [0, 0.1) is 18.3 Å². The number of hydrogen-bond donors (Lipinski definition) is 4. The number of nitriles is 1. The molecule has 40 heavy (non-hydrogen) atoms. The topological polar surface area (TPSA) is 159 Å². The van der Waals surface area contributed by atoms with E-state index in [0.29, 0.717) is 35.8 Å². The van der Waals surface area contributed by atoms with Crippen LogP contribution >= 0.6 is 0 Å². The maximum Gasteiger partial charge on any atom is 0.319 e. The van der Waals surface area contributed by atoms with Crippen LogP contribution < -0.4 is 25.4 Å². The number of benzene rings is 3. The predicted molar refractivity (Wildman–Crippen MR) is 149 cm³/mol. The Balaban J connectivity index is 1.26. The molecule has 0 spiro atoms. The summed E-state index contributed by atoms with van der Waals surface area (Å²) >= 11 is 0. The number of aliphatic hydroxyl groups is 1. The lowest BCUT2D eigenvalue weighted by Gasteiger charge is -2.14. The molecule has 11 nitrogen and oxygen atoms in total. The number of urea groups is 1. The Kier molecular flexibility index (Phi) is 11.7. The van der Waals surface area contributed by atoms with Crippen molar-refractivity contribution in [2.75, 3.05) is 44.8 Å². The summed E-state index contributed by atoms with van der Waals surface area (Å²) in [5, 5.41) is 27.5. The second-order valence-corrected chi connectivity index (χ2v) is 10.2. The molecular weight excluding hydrogens is 536 g/mol. The van der Waals surface area contributed by atoms with Gasteiger partial charge < -0.3 is 30.5 Å². The second kappa shape index (κ2) is 15.4. The van der Waals surface area contributed by atoms with Crippen LogP contribution in [0.1, 0.15) is 11.1 Å². The number of carbonyl (C=O) groups is 1. The molecule has 0 fully saturated rings. The number of amides is 2. The zero-order valence-corrected chi connectivity index (χ0v) is 22.8. The molecule has 3 aromatic rings. The van der Waals surface area contributed by atoms with Crippen LogP contribution in [0.2, 0.25) is 0 Å². The summed E-state index contributed by atoms with van der Waals surface area (Å²) in [5.41, 5.74) is 1.89. The first kappa shape index (κ1) is 30.4. The molecule has 0 bridgehead atoms. The number of para-hydroxylation sites is 1. The highest BCUT2D eigenvalue weighted by molar-refractivity contribution is 7.86. The molecule has 0 radical (unpaired) electrons. The lowest BCUT2D eigenvalue weighted by Crippen LogP contribution is -2.38. The molecular formula is C28H32N4O7S. The smallest absolute Gasteiger partial charge is 0.319 e. The van der Waals surface area contributed by atoms with Crippen molar-refractivity contribution in [1.82, 2.24) is 10.6 Å². The molecule has 12 heteroatoms. The molecule has 3 aromatic carbocycles. The minimum Gasteiger partial charge on any atom is -0.491 e. The number of ether oxygens (including phenoxy) is 2. The maximum absolute atomic E-state index is 12.2. The third-order valence-electron chi connectivity index (χ3n) is 5.42. The summed E-state index contributed by atoms with van der Waals surface area (Å²) in [5.74, 6) is 0.908. The number of aryl methyl sites for hydroxylation is 1. The van der Waals surface area contributed by atoms with Gasteiger partial charge in [0.15, 0.2) is 0 Å². The van der Waals surface area contributed by atoms with E-state index in [0.717, 1.165) is 5.56 Å². The van der Waals surface area contributed by atoms with E-state index in [1.807, 2.05) is 13.0 Å². The number of hydrogen-bond acceptors (Lipinski definition) is 9. The monoisotopic (exact) mass is 568 g/mol. The molecule has 0 aliphatic heterocycles. The Hall–Kier alpha value is -4.15. The fourth-order valence-corrected chi connectivity index (χ4v) is 4.24. The molecule has 0 aliphatic rings. The first-order valence-electron chi connectivity index (χ1n) is 12.5. The van der Waals surface area contributed by atoms with Crippen molar-refractivity contribution in [2.45, 2.75) is 17.9 Å². The van der Waals surface area contributed by atoms with Gasteiger partial charge in [-0.3, -0.25) is 4.18 Å². The summed E-state index contributed by atoms with van der Waals surface area (Å²) in [6.45, 7) is 2.77. The number of carbonyl (C=O) groups excluding carboxylic acids is 1. The minimum atomic E-state index is -3.85. The molecule has 0 heterocycles. The normalized spacial score (nSPS) is 11.7. The largest absolute Gasteiger partial charge is 0.491 e. The summed E-state index contributed by atoms with van der Waals surface area (Å²) in [7, 11) is -3.85. The van der Waals surface area contributed by atoms with Gasteiger partial charge in [-0.05, 0) is 55.5 Å². The second-order valence-electron chi connectivity index (χ2n) is 8.62. The summed E-state index contributed by atoms with van der Waals surface area (Å²) in [4.78, 5) is 12.2. The van der Waals surface area contributed by atoms with E-state index >= 15 is 0 Å². The molecule has 0 saturated heterocycles. The number of nitrogens with zero attached hydrogens (tertiary/aromatic N) is 1. The van der Waals surface area contributed by atoms with Gasteiger partial charge in [-0.25, -0.2) is 4.79 Å². The van der Waals surface area contributed by atoms with E-state index in [9.17, 15) is 18.3 Å². The van der Waals surface area contributed by atoms with Crippen LogP contribution in [-0.2, 0) is 14.3 Å². The standard InChI is InChI=1S/C28H32N4O7S/c1-21-6-12-26(13-7-21)40(35,36)39-17-16-37-25-10-8-23(9-11-25)32-28(34)31-15-14-30-19-24(33)20-38-27-5-3-2-4-22(27)18-29/h2-13,24,30,33H,14-17,19-20H2,1H3,(H2,31,32,34)/t24-/m0/s1. The summed E-state index contributed by atoms with van der Waals surface area (Å²) < 4.78 is 40.4. The van der Waals surface area contributed by atoms with Gasteiger partial charge in [0.2, 0.25) is 0 Å². The molecule has 0 aliphatic carbocycles. The Morgan fingerprint density at radius 3 is 2.42 bits per heavy atom. The van der Waals surface area contributed by atoms with Crippen molar-refractivity contribution >= 4 is 21.8 Å². The van der Waals surface area contributed by atoms with Gasteiger partial charge in [0.1, 0.15) is 43.5 Å². The van der Waals surface area contributed by atoms with Crippen molar-refractivity contribution in [3.05, 3.63) is 83.9 Å². The van der Waals surface area contributed by atoms with Gasteiger partial charge in [-0.1, -0.05) is 29.8 Å². The van der Waals surface area contributed by atoms with E-state index < -0.39 is 22.3 Å². The Morgan fingerprint density at radius 1 is 0.975 bits per heavy atom. The maximum atomic E-state index is 12.2. The van der Waals surface area contributed by atoms with Gasteiger partial charge in [-0.15, -0.1) is 0 Å². The van der Waals surface area contributed by atoms with Crippen molar-refractivity contribution in [2.24, 2.45) is 0 Å². The van der Waals surface area contributed by atoms with E-state index in [1.165, 1.54) is 12.1 Å². The molecule has 0 saturated carbocycles. The molecule has 0 aromatic heterocycles. The number of anilines is 1. The zero-order chi connectivity index (χ0) is 28.8. The van der Waals surface area contributed by atoms with Crippen molar-refractivity contribution in [1.29, 1.82) is 5.26 Å². The molecule has 212 valence electrons. The van der Waals surface area contributed by atoms with Crippen LogP contribution in [0.4, 0.5) is 10.5 Å². The van der Waals surface area contributed by atoms with Gasteiger partial charge in [0.05, 0.1) is 10.5 Å². The van der Waals surface area contributed by atoms with E-state index in [-0.39, 0.29) is 31.3 Å². The Bertz CT molecular complexity index is 1380. The highest BCUT2D eigenvalue weighted by atomic mass is 32.2. The fourth-order valence-electron chi connectivity index (χ4n) is 3.35. The summed E-state index contributed by atoms with van der Waals surface area (Å²) in [6.07, 6.45) is -0.787. The molecule has 2 amide bonds. The van der Waals surface area contributed by atoms with Gasteiger partial charge in [0.25, 0.3) is 10.1 Å². The minimum absolute atomic E-state index is 0.0267. The third kappa shape index (κ3) is 10.2. The van der Waals surface area contributed by atoms with Crippen LogP contribution in [0.15, 0.2) is 77.7 Å². The first-order valence-corrected chi connectivity index (χ1v) is 13.9. The lowest BCUT2D eigenvalue weighted by atomic mass is 10.2. The van der Waals surface area contributed by atoms with Gasteiger partial charge in [-0.2, -0.15) is 13.7 Å². The average Bonchev–Trinajstić information content (AvgIpc) is 2.95. The van der Waals surface area contributed by atoms with Crippen molar-refractivity contribution in [3.63, 3.8) is 0 Å². The highest BCUT2D eigenvalue weighted by Gasteiger charge is 2.14. The Morgan fingerprint density at radius 2 is 1.70 bits per heavy atom. The highest BCUT2D eigenvalue weighted by Crippen LogP contribution is 2.17. The number of aliphatic hydroxyl groups excluding tert-OH is 1. The van der Waals surface area contributed by atoms with Crippen LogP contribution in [-0.4, -0.2) is 65.1 Å². The quantitative estimate of drug-likeness (QED) is 0.160. The molecule has 1 atom stereocenters. The number of rotatable bonds is 15. The van der Waals surface area contributed by atoms with E-state index in [1.54, 1.807) is 60.7 Å². The molecule has 4 N–H and O–H groups in total. The van der Waals surface area contributed by atoms with Crippen LogP contribution in [0.5, 0.6) is 11.5 Å². The van der Waals surface area contributed by atoms with E-state index in [2.05, 4.69) is 16.0 Å². The number of nitrogens with one attached hydrogen (secondary N) is 3. The SMILES string of the molecule is Cc1ccc(S(=O)(=O)OCCOc2ccc(NC(=O)NCCNC[C@H](O)COc3ccccc3C#N)cc2)cc1. The van der Waals surface area contributed by atoms with Crippen molar-refractivity contribution in [3.8, 4) is 17.6 Å². The first-order chi connectivity index (χ1) is 19.3. The van der Waals surface area contributed by atoms with Crippen LogP contribution in [0.3, 0.4) is 0 Å². The molecule has 0 unspecified atom stereocenters. The predicted octanol–water partition coefficient (Wildman–Crippen LogP) is 2.80. The zero-order valence-electron chi connectivity index (χ0n) is 22.0.